The molecule has 0 aromatic heterocycles. The van der Waals surface area contributed by atoms with Gasteiger partial charge in [-0.25, -0.2) is 4.79 Å². The highest BCUT2D eigenvalue weighted by Crippen LogP contribution is 2.53. The number of aliphatic hydroxyl groups excluding tert-OH is 1. The fraction of sp³-hybridized carbons (Fsp3) is 0.680. The Morgan fingerprint density at radius 3 is 2.62 bits per heavy atom. The molecule has 1 aromatic rings. The van der Waals surface area contributed by atoms with Crippen molar-refractivity contribution in [2.75, 3.05) is 31.5 Å². The first-order valence-electron chi connectivity index (χ1n) is 12.5. The Balaban J connectivity index is 1.12. The summed E-state index contributed by atoms with van der Waals surface area (Å²) in [5.74, 6) is 0.172. The molecule has 1 aromatic carbocycles. The maximum absolute atomic E-state index is 13.0. The first-order chi connectivity index (χ1) is 16.3. The lowest BCUT2D eigenvalue weighted by atomic mass is 9.90. The molecule has 1 spiro atoms. The van der Waals surface area contributed by atoms with Crippen molar-refractivity contribution in [3.63, 3.8) is 0 Å². The second kappa shape index (κ2) is 9.49. The van der Waals surface area contributed by atoms with E-state index in [1.54, 1.807) is 18.2 Å². The van der Waals surface area contributed by atoms with Gasteiger partial charge in [0.05, 0.1) is 16.1 Å². The van der Waals surface area contributed by atoms with Crippen molar-refractivity contribution in [3.05, 3.63) is 28.2 Å². The molecule has 3 saturated heterocycles. The van der Waals surface area contributed by atoms with Crippen LogP contribution in [0.5, 0.6) is 0 Å². The van der Waals surface area contributed by atoms with E-state index in [0.717, 1.165) is 51.6 Å². The minimum absolute atomic E-state index is 0.0716. The summed E-state index contributed by atoms with van der Waals surface area (Å²) in [7, 11) is 0. The number of fused-ring (bicyclic) bond motifs is 1. The van der Waals surface area contributed by atoms with Crippen LogP contribution in [0.15, 0.2) is 18.2 Å². The number of likely N-dealkylation sites (tertiary alicyclic amines) is 1. The van der Waals surface area contributed by atoms with Gasteiger partial charge in [-0.15, -0.1) is 0 Å². The zero-order valence-electron chi connectivity index (χ0n) is 19.7. The molecular weight excluding hydrogens is 475 g/mol. The van der Waals surface area contributed by atoms with Crippen molar-refractivity contribution in [1.82, 2.24) is 14.7 Å². The molecule has 0 radical (unpaired) electrons. The highest BCUT2D eigenvalue weighted by atomic mass is 35.5. The molecule has 4 unspecified atom stereocenters. The fourth-order valence-electron chi connectivity index (χ4n) is 6.12. The lowest BCUT2D eigenvalue weighted by Crippen LogP contribution is -2.59. The number of carbonyl (C=O) groups excluding carboxylic acids is 2. The van der Waals surface area contributed by atoms with Crippen molar-refractivity contribution in [3.8, 4) is 0 Å². The van der Waals surface area contributed by atoms with Gasteiger partial charge in [-0.05, 0) is 69.1 Å². The van der Waals surface area contributed by atoms with Crippen LogP contribution >= 0.6 is 23.2 Å². The van der Waals surface area contributed by atoms with Gasteiger partial charge >= 0.3 is 6.03 Å². The van der Waals surface area contributed by atoms with Crippen molar-refractivity contribution >= 4 is 40.8 Å². The van der Waals surface area contributed by atoms with Crippen LogP contribution in [0, 0.1) is 5.41 Å². The number of nitrogens with zero attached hydrogens (tertiary/aromatic N) is 3. The summed E-state index contributed by atoms with van der Waals surface area (Å²) in [6.07, 6.45) is 6.26. The van der Waals surface area contributed by atoms with E-state index in [4.69, 9.17) is 23.2 Å². The summed E-state index contributed by atoms with van der Waals surface area (Å²) < 4.78 is 0. The van der Waals surface area contributed by atoms with Gasteiger partial charge in [0.1, 0.15) is 0 Å². The Morgan fingerprint density at radius 1 is 1.12 bits per heavy atom. The van der Waals surface area contributed by atoms with Gasteiger partial charge in [0, 0.05) is 56.4 Å². The quantitative estimate of drug-likeness (QED) is 0.638. The lowest BCUT2D eigenvalue weighted by molar-refractivity contribution is -0.136. The van der Waals surface area contributed by atoms with E-state index in [1.165, 1.54) is 0 Å². The van der Waals surface area contributed by atoms with Crippen LogP contribution in [0.1, 0.15) is 51.9 Å². The Kier molecular flexibility index (Phi) is 6.75. The van der Waals surface area contributed by atoms with Gasteiger partial charge in [-0.3, -0.25) is 9.69 Å². The van der Waals surface area contributed by atoms with E-state index in [1.807, 2.05) is 9.80 Å². The molecule has 1 saturated carbocycles. The number of hydrogen-bond donors (Lipinski definition) is 2. The van der Waals surface area contributed by atoms with Crippen LogP contribution in [0.4, 0.5) is 10.5 Å². The molecule has 4 atom stereocenters. The van der Waals surface area contributed by atoms with Gasteiger partial charge in [0.25, 0.3) is 0 Å². The number of piperidine rings is 1. The Bertz CT molecular complexity index is 956. The summed E-state index contributed by atoms with van der Waals surface area (Å²) in [6, 6.07) is 5.74. The third-order valence-electron chi connectivity index (χ3n) is 8.53. The highest BCUT2D eigenvalue weighted by molar-refractivity contribution is 6.42. The monoisotopic (exact) mass is 508 g/mol. The molecule has 4 aliphatic rings. The number of halogens is 2. The van der Waals surface area contributed by atoms with Crippen molar-refractivity contribution in [1.29, 1.82) is 0 Å². The molecule has 2 N–H and O–H groups in total. The summed E-state index contributed by atoms with van der Waals surface area (Å²) in [4.78, 5) is 32.1. The molecule has 34 heavy (non-hydrogen) atoms. The topological polar surface area (TPSA) is 76.1 Å². The molecule has 3 amide bonds. The van der Waals surface area contributed by atoms with Gasteiger partial charge in [0.15, 0.2) is 0 Å². The van der Waals surface area contributed by atoms with Crippen LogP contribution in [0.2, 0.25) is 10.0 Å². The van der Waals surface area contributed by atoms with Crippen LogP contribution in [-0.4, -0.2) is 82.2 Å². The Labute approximate surface area is 211 Å². The smallest absolute Gasteiger partial charge is 0.322 e. The van der Waals surface area contributed by atoms with E-state index >= 15 is 0 Å². The van der Waals surface area contributed by atoms with Gasteiger partial charge in [-0.1, -0.05) is 23.2 Å². The first kappa shape index (κ1) is 24.2. The molecule has 186 valence electrons. The Morgan fingerprint density at radius 2 is 1.91 bits per heavy atom. The predicted molar refractivity (Wildman–Crippen MR) is 133 cm³/mol. The summed E-state index contributed by atoms with van der Waals surface area (Å²) >= 11 is 12.1. The number of benzene rings is 1. The zero-order valence-corrected chi connectivity index (χ0v) is 21.2. The molecule has 3 heterocycles. The normalized spacial score (nSPS) is 30.4. The average Bonchev–Trinajstić information content (AvgIpc) is 3.49. The van der Waals surface area contributed by atoms with Gasteiger partial charge in [-0.2, -0.15) is 0 Å². The third-order valence-corrected chi connectivity index (χ3v) is 9.27. The lowest BCUT2D eigenvalue weighted by Gasteiger charge is -2.44. The minimum atomic E-state index is -0.356. The Hall–Kier alpha value is -1.54. The number of piperazine rings is 1. The molecule has 4 fully saturated rings. The van der Waals surface area contributed by atoms with Crippen LogP contribution in [0.3, 0.4) is 0 Å². The maximum Gasteiger partial charge on any atom is 0.322 e. The molecule has 1 aliphatic carbocycles. The SMILES string of the molecule is CC1CN2C(CCC(=O)N3CCC4(CC4)C(O)C3)CCC2CN1C(=O)Nc1ccc(Cl)c(Cl)c1. The standard InChI is InChI=1S/C25H34Cl2N4O3/c1-16-13-31-18(5-7-23(33)29-11-10-25(8-9-25)22(32)15-29)3-4-19(31)14-30(16)24(34)28-17-2-6-20(26)21(27)12-17/h2,6,12,16,18-19,22,32H,3-5,7-11,13-15H2,1H3,(H,28,34). The van der Waals surface area contributed by atoms with Crippen LogP contribution in [0.25, 0.3) is 0 Å². The largest absolute Gasteiger partial charge is 0.391 e. The third kappa shape index (κ3) is 4.77. The number of aliphatic hydroxyl groups is 1. The molecule has 5 rings (SSSR count). The number of urea groups is 1. The van der Waals surface area contributed by atoms with E-state index in [-0.39, 0.29) is 29.5 Å². The summed E-state index contributed by atoms with van der Waals surface area (Å²) in [6.45, 7) is 4.85. The van der Waals surface area contributed by atoms with E-state index in [9.17, 15) is 14.7 Å². The number of carbonyl (C=O) groups is 2. The number of hydrogen-bond acceptors (Lipinski definition) is 4. The highest BCUT2D eigenvalue weighted by Gasteiger charge is 2.51. The predicted octanol–water partition coefficient (Wildman–Crippen LogP) is 4.22. The zero-order chi connectivity index (χ0) is 24.0. The number of amides is 3. The molecule has 9 heteroatoms. The number of β-amino-alcohol motifs (C(OH)–C–C–N with tert-alkyl or cyclic N) is 1. The minimum Gasteiger partial charge on any atom is -0.391 e. The molecular formula is C25H34Cl2N4O3. The van der Waals surface area contributed by atoms with Crippen molar-refractivity contribution in [2.24, 2.45) is 5.41 Å². The van der Waals surface area contributed by atoms with E-state index in [0.29, 0.717) is 47.3 Å². The van der Waals surface area contributed by atoms with E-state index < -0.39 is 0 Å². The number of anilines is 1. The molecule has 7 nitrogen and oxygen atoms in total. The maximum atomic E-state index is 13.0. The van der Waals surface area contributed by atoms with Gasteiger partial charge < -0.3 is 20.2 Å². The van der Waals surface area contributed by atoms with E-state index in [2.05, 4.69) is 17.1 Å². The summed E-state index contributed by atoms with van der Waals surface area (Å²) in [5.41, 5.74) is 0.754. The number of rotatable bonds is 4. The second-order valence-electron chi connectivity index (χ2n) is 10.6. The molecule has 3 aliphatic heterocycles. The van der Waals surface area contributed by atoms with Gasteiger partial charge in [0.2, 0.25) is 5.91 Å². The average molecular weight is 509 g/mol. The second-order valence-corrected chi connectivity index (χ2v) is 11.5. The molecule has 0 bridgehead atoms. The number of nitrogens with one attached hydrogen (secondary N) is 1. The summed E-state index contributed by atoms with van der Waals surface area (Å²) in [5, 5.41) is 14.2. The van der Waals surface area contributed by atoms with Crippen LogP contribution in [-0.2, 0) is 4.79 Å². The first-order valence-corrected chi connectivity index (χ1v) is 13.3. The van der Waals surface area contributed by atoms with Crippen LogP contribution < -0.4 is 5.32 Å². The fourth-order valence-corrected chi connectivity index (χ4v) is 6.42. The van der Waals surface area contributed by atoms with Crippen molar-refractivity contribution in [2.45, 2.75) is 76.1 Å². The van der Waals surface area contributed by atoms with Crippen molar-refractivity contribution < 1.29 is 14.7 Å².